The van der Waals surface area contributed by atoms with E-state index in [0.29, 0.717) is 0 Å². The molecule has 0 saturated heterocycles. The van der Waals surface area contributed by atoms with Crippen LogP contribution in [0.15, 0.2) is 0 Å². The smallest absolute Gasteiger partial charge is 0.318 e. The molecule has 0 aliphatic heterocycles. The predicted octanol–water partition coefficient (Wildman–Crippen LogP) is -0.729. The Kier molecular flexibility index (Phi) is 7.14. The average Bonchev–Trinajstić information content (AvgIpc) is 1.63. The van der Waals surface area contributed by atoms with Crippen LogP contribution in [0.25, 0.3) is 0 Å². The standard InChI is InChI=1S/C3H6NO4S.Cr/c1-2(3(5)6)4-9(7)8;/h2H,1H3,(H,5,6)(H,4,7,8);/q-1;. The van der Waals surface area contributed by atoms with Crippen molar-refractivity contribution in [3.05, 3.63) is 0 Å². The molecule has 0 saturated carbocycles. The summed E-state index contributed by atoms with van der Waals surface area (Å²) in [6.07, 6.45) is 0. The number of carboxylic acids is 1. The second-order valence-corrected chi connectivity index (χ2v) is 2.12. The Labute approximate surface area is 70.6 Å². The maximum absolute atomic E-state index is 9.90. The Morgan fingerprint density at radius 3 is 2.10 bits per heavy atom. The number of hydrogen-bond donors (Lipinski definition) is 2. The van der Waals surface area contributed by atoms with Gasteiger partial charge in [-0.25, -0.2) is 0 Å². The van der Waals surface area contributed by atoms with Crippen molar-refractivity contribution in [3.63, 3.8) is 0 Å². The molecule has 0 rings (SSSR count). The van der Waals surface area contributed by atoms with Gasteiger partial charge >= 0.3 is 5.97 Å². The van der Waals surface area contributed by atoms with E-state index in [-0.39, 0.29) is 17.4 Å². The summed E-state index contributed by atoms with van der Waals surface area (Å²) in [5.41, 5.74) is 0. The SMILES string of the molecule is CC(N[S-](=O)=O)C(=O)O.[Cr]. The summed E-state index contributed by atoms with van der Waals surface area (Å²) >= 11 is 0. The Bertz CT molecular complexity index is 171. The van der Waals surface area contributed by atoms with Gasteiger partial charge in [-0.15, -0.1) is 0 Å². The van der Waals surface area contributed by atoms with Crippen molar-refractivity contribution in [1.82, 2.24) is 4.72 Å². The van der Waals surface area contributed by atoms with Crippen LogP contribution in [0.3, 0.4) is 0 Å². The van der Waals surface area contributed by atoms with Gasteiger partial charge in [0.15, 0.2) is 0 Å². The molecule has 1 atom stereocenters. The first-order valence-electron chi connectivity index (χ1n) is 2.12. The molecule has 60 valence electrons. The molecule has 2 N–H and O–H groups in total. The number of aliphatic carboxylic acids is 1. The fraction of sp³-hybridized carbons (Fsp3) is 0.667. The molecule has 0 heterocycles. The summed E-state index contributed by atoms with van der Waals surface area (Å²) in [5, 5.41) is 8.10. The van der Waals surface area contributed by atoms with Gasteiger partial charge in [0.05, 0.1) is 6.04 Å². The zero-order chi connectivity index (χ0) is 7.44. The molecule has 0 aromatic carbocycles. The quantitative estimate of drug-likeness (QED) is 0.594. The molecule has 5 nitrogen and oxygen atoms in total. The molecule has 0 fully saturated rings. The Morgan fingerprint density at radius 1 is 1.60 bits per heavy atom. The van der Waals surface area contributed by atoms with Crippen molar-refractivity contribution >= 4 is 16.9 Å². The van der Waals surface area contributed by atoms with Crippen molar-refractivity contribution in [2.45, 2.75) is 13.0 Å². The van der Waals surface area contributed by atoms with Gasteiger partial charge in [0.1, 0.15) is 0 Å². The molecular formula is C3H6CrNO4S-. The predicted molar refractivity (Wildman–Crippen MR) is 29.0 cm³/mol. The van der Waals surface area contributed by atoms with Crippen LogP contribution in [0.5, 0.6) is 0 Å². The van der Waals surface area contributed by atoms with E-state index in [1.165, 1.54) is 6.92 Å². The van der Waals surface area contributed by atoms with Crippen LogP contribution in [0, 0.1) is 0 Å². The summed E-state index contributed by atoms with van der Waals surface area (Å²) < 4.78 is 21.2. The molecule has 0 amide bonds. The molecule has 1 unspecified atom stereocenters. The first-order valence-corrected chi connectivity index (χ1v) is 3.19. The molecule has 0 radical (unpaired) electrons. The number of rotatable bonds is 3. The van der Waals surface area contributed by atoms with Gasteiger partial charge in [-0.3, -0.25) is 4.79 Å². The van der Waals surface area contributed by atoms with Crippen LogP contribution in [-0.2, 0) is 41.5 Å². The van der Waals surface area contributed by atoms with Crippen LogP contribution in [0.1, 0.15) is 6.92 Å². The first kappa shape index (κ1) is 12.6. The Hall–Kier alpha value is -0.0875. The molecular weight excluding hydrogens is 198 g/mol. The third-order valence-corrected chi connectivity index (χ3v) is 1.19. The second-order valence-electron chi connectivity index (χ2n) is 1.41. The minimum atomic E-state index is -2.50. The Morgan fingerprint density at radius 2 is 2.00 bits per heavy atom. The van der Waals surface area contributed by atoms with Crippen molar-refractivity contribution < 1.29 is 35.7 Å². The molecule has 0 spiro atoms. The van der Waals surface area contributed by atoms with Crippen LogP contribution in [0.4, 0.5) is 0 Å². The van der Waals surface area contributed by atoms with Gasteiger partial charge in [-0.1, -0.05) is 0 Å². The second kappa shape index (κ2) is 5.68. The molecule has 7 heteroatoms. The van der Waals surface area contributed by atoms with Gasteiger partial charge in [0.2, 0.25) is 0 Å². The monoisotopic (exact) mass is 204 g/mol. The van der Waals surface area contributed by atoms with Crippen molar-refractivity contribution in [2.24, 2.45) is 0 Å². The van der Waals surface area contributed by atoms with E-state index in [1.54, 1.807) is 4.72 Å². The van der Waals surface area contributed by atoms with Crippen LogP contribution >= 0.6 is 0 Å². The van der Waals surface area contributed by atoms with Crippen LogP contribution in [0.2, 0.25) is 0 Å². The third-order valence-electron chi connectivity index (χ3n) is 0.643. The molecule has 0 aliphatic rings. The van der Waals surface area contributed by atoms with Crippen molar-refractivity contribution in [2.75, 3.05) is 0 Å². The number of carbonyl (C=O) groups is 1. The van der Waals surface area contributed by atoms with Crippen LogP contribution in [-0.4, -0.2) is 17.1 Å². The van der Waals surface area contributed by atoms with E-state index < -0.39 is 22.9 Å². The number of carboxylic acid groups (broad SMARTS) is 1. The number of nitrogens with one attached hydrogen (secondary N) is 1. The first-order chi connectivity index (χ1) is 4.04. The molecule has 0 aromatic heterocycles. The fourth-order valence-electron chi connectivity index (χ4n) is 0.195. The van der Waals surface area contributed by atoms with Gasteiger partial charge in [-0.2, -0.15) is 0 Å². The normalized spacial score (nSPS) is 12.2. The van der Waals surface area contributed by atoms with Crippen LogP contribution < -0.4 is 4.72 Å². The number of hydrogen-bond acceptors (Lipinski definition) is 4. The zero-order valence-corrected chi connectivity index (χ0v) is 7.16. The van der Waals surface area contributed by atoms with Gasteiger partial charge in [-0.05, 0) is 17.8 Å². The van der Waals surface area contributed by atoms with E-state index in [0.717, 1.165) is 0 Å². The topological polar surface area (TPSA) is 83.5 Å². The van der Waals surface area contributed by atoms with Gasteiger partial charge in [0, 0.05) is 17.4 Å². The molecule has 10 heavy (non-hydrogen) atoms. The maximum Gasteiger partial charge on any atom is 0.318 e. The minimum Gasteiger partial charge on any atom is -0.480 e. The van der Waals surface area contributed by atoms with E-state index in [1.807, 2.05) is 0 Å². The van der Waals surface area contributed by atoms with E-state index in [9.17, 15) is 13.2 Å². The maximum atomic E-state index is 9.90. The van der Waals surface area contributed by atoms with E-state index in [4.69, 9.17) is 5.11 Å². The minimum absolute atomic E-state index is 0. The fourth-order valence-corrected chi connectivity index (χ4v) is 0.584. The van der Waals surface area contributed by atoms with E-state index in [2.05, 4.69) is 0 Å². The summed E-state index contributed by atoms with van der Waals surface area (Å²) in [6.45, 7) is 1.23. The summed E-state index contributed by atoms with van der Waals surface area (Å²) in [7, 11) is -2.50. The molecule has 0 aromatic rings. The largest absolute Gasteiger partial charge is 0.480 e. The summed E-state index contributed by atoms with van der Waals surface area (Å²) in [4.78, 5) is 9.90. The summed E-state index contributed by atoms with van der Waals surface area (Å²) in [5.74, 6) is -1.20. The molecule has 0 aliphatic carbocycles. The van der Waals surface area contributed by atoms with E-state index >= 15 is 0 Å². The third kappa shape index (κ3) is 6.04. The average molecular weight is 204 g/mol. The van der Waals surface area contributed by atoms with Gasteiger partial charge in [0.25, 0.3) is 0 Å². The van der Waals surface area contributed by atoms with Crippen molar-refractivity contribution in [3.8, 4) is 0 Å². The molecule has 0 bridgehead atoms. The summed E-state index contributed by atoms with van der Waals surface area (Å²) in [6, 6.07) is -1.05. The van der Waals surface area contributed by atoms with Gasteiger partial charge < -0.3 is 18.2 Å². The zero-order valence-electron chi connectivity index (χ0n) is 5.07. The Balaban J connectivity index is 0. The van der Waals surface area contributed by atoms with Crippen molar-refractivity contribution in [1.29, 1.82) is 0 Å².